The Kier molecular flexibility index (Phi) is 4.21. The van der Waals surface area contributed by atoms with Crippen LogP contribution >= 0.6 is 11.8 Å². The van der Waals surface area contributed by atoms with Crippen molar-refractivity contribution in [2.45, 2.75) is 17.4 Å². The first kappa shape index (κ1) is 15.1. The van der Waals surface area contributed by atoms with Gasteiger partial charge in [0.15, 0.2) is 0 Å². The third kappa shape index (κ3) is 2.74. The van der Waals surface area contributed by atoms with E-state index >= 15 is 0 Å². The molecule has 2 N–H and O–H groups in total. The van der Waals surface area contributed by atoms with Gasteiger partial charge in [0.25, 0.3) is 5.69 Å². The van der Waals surface area contributed by atoms with E-state index < -0.39 is 14.9 Å². The molecule has 1 aliphatic heterocycles. The van der Waals surface area contributed by atoms with E-state index in [9.17, 15) is 18.5 Å². The molecule has 1 unspecified atom stereocenters. The Morgan fingerprint density at radius 3 is 2.70 bits per heavy atom. The smallest absolute Gasteiger partial charge is 0.271 e. The van der Waals surface area contributed by atoms with Gasteiger partial charge in [-0.05, 0) is 18.2 Å². The minimum Gasteiger partial charge on any atom is -0.397 e. The van der Waals surface area contributed by atoms with E-state index in [1.165, 1.54) is 17.4 Å². The zero-order valence-electron chi connectivity index (χ0n) is 10.9. The number of hydrogen-bond donors (Lipinski definition) is 1. The first-order valence-electron chi connectivity index (χ1n) is 5.93. The molecule has 1 aliphatic rings. The van der Waals surface area contributed by atoms with E-state index in [1.54, 1.807) is 11.8 Å². The quantitative estimate of drug-likeness (QED) is 0.509. The van der Waals surface area contributed by atoms with Gasteiger partial charge >= 0.3 is 0 Å². The molecule has 0 spiro atoms. The van der Waals surface area contributed by atoms with Crippen molar-refractivity contribution in [3.05, 3.63) is 28.3 Å². The summed E-state index contributed by atoms with van der Waals surface area (Å²) in [5.41, 5.74) is 5.34. The molecule has 2 rings (SSSR count). The Labute approximate surface area is 121 Å². The maximum Gasteiger partial charge on any atom is 0.271 e. The van der Waals surface area contributed by atoms with Crippen molar-refractivity contribution in [2.75, 3.05) is 24.3 Å². The largest absolute Gasteiger partial charge is 0.397 e. The number of non-ortho nitro benzene ring substituents is 1. The fourth-order valence-electron chi connectivity index (χ4n) is 2.04. The van der Waals surface area contributed by atoms with E-state index in [2.05, 4.69) is 0 Å². The average Bonchev–Trinajstić information content (AvgIpc) is 2.90. The monoisotopic (exact) mass is 317 g/mol. The molecule has 1 aromatic carbocycles. The van der Waals surface area contributed by atoms with E-state index in [1.807, 2.05) is 0 Å². The van der Waals surface area contributed by atoms with Gasteiger partial charge in [0.05, 0.1) is 10.6 Å². The second-order valence-electron chi connectivity index (χ2n) is 4.52. The van der Waals surface area contributed by atoms with Crippen LogP contribution in [0.2, 0.25) is 0 Å². The van der Waals surface area contributed by atoms with Gasteiger partial charge in [0.2, 0.25) is 10.0 Å². The van der Waals surface area contributed by atoms with E-state index in [-0.39, 0.29) is 22.3 Å². The lowest BCUT2D eigenvalue weighted by atomic mass is 10.3. The zero-order valence-corrected chi connectivity index (χ0v) is 12.5. The number of nitro groups is 1. The van der Waals surface area contributed by atoms with E-state index in [0.717, 1.165) is 30.1 Å². The van der Waals surface area contributed by atoms with Gasteiger partial charge in [0, 0.05) is 31.0 Å². The fraction of sp³-hybridized carbons (Fsp3) is 0.455. The lowest BCUT2D eigenvalue weighted by Gasteiger charge is -2.23. The number of thioether (sulfide) groups is 1. The molecular weight excluding hydrogens is 302 g/mol. The number of hydrogen-bond acceptors (Lipinski definition) is 6. The first-order chi connectivity index (χ1) is 9.34. The molecule has 0 amide bonds. The molecule has 1 saturated heterocycles. The molecule has 0 bridgehead atoms. The number of nitro benzene ring substituents is 1. The van der Waals surface area contributed by atoms with Crippen LogP contribution in [0, 0.1) is 10.1 Å². The summed E-state index contributed by atoms with van der Waals surface area (Å²) in [4.78, 5) is 9.96. The Balaban J connectivity index is 2.36. The molecule has 20 heavy (non-hydrogen) atoms. The molecule has 9 heteroatoms. The lowest BCUT2D eigenvalue weighted by Crippen LogP contribution is -2.37. The van der Waals surface area contributed by atoms with Crippen LogP contribution in [0.3, 0.4) is 0 Å². The summed E-state index contributed by atoms with van der Waals surface area (Å²) in [6, 6.07) is 3.37. The molecule has 110 valence electrons. The number of sulfonamides is 1. The predicted octanol–water partition coefficient (Wildman–Crippen LogP) is 1.30. The summed E-state index contributed by atoms with van der Waals surface area (Å²) in [5.74, 6) is 1.68. The average molecular weight is 317 g/mol. The SMILES string of the molecule is CN(C1CCSC1)S(=O)(=O)c1ccc([N+](=O)[O-])cc1N. The Bertz CT molecular complexity index is 627. The van der Waals surface area contributed by atoms with Gasteiger partial charge in [0.1, 0.15) is 4.90 Å². The van der Waals surface area contributed by atoms with Crippen LogP contribution in [-0.4, -0.2) is 42.2 Å². The molecule has 7 nitrogen and oxygen atoms in total. The molecule has 0 radical (unpaired) electrons. The van der Waals surface area contributed by atoms with Crippen LogP contribution in [0.15, 0.2) is 23.1 Å². The minimum absolute atomic E-state index is 0.0559. The van der Waals surface area contributed by atoms with Crippen molar-refractivity contribution < 1.29 is 13.3 Å². The van der Waals surface area contributed by atoms with Crippen LogP contribution in [0.25, 0.3) is 0 Å². The summed E-state index contributed by atoms with van der Waals surface area (Å²) in [7, 11) is -2.20. The standard InChI is InChI=1S/C11H15N3O4S2/c1-13(9-4-5-19-7-9)20(17,18)11-3-2-8(14(15)16)6-10(11)12/h2-3,6,9H,4-5,7,12H2,1H3. The normalized spacial score (nSPS) is 19.4. The van der Waals surface area contributed by atoms with E-state index in [0.29, 0.717) is 0 Å². The van der Waals surface area contributed by atoms with Crippen molar-refractivity contribution in [2.24, 2.45) is 0 Å². The summed E-state index contributed by atoms with van der Waals surface area (Å²) in [6.45, 7) is 0. The van der Waals surface area contributed by atoms with Gasteiger partial charge in [-0.25, -0.2) is 8.42 Å². The third-order valence-corrected chi connectivity index (χ3v) is 6.41. The zero-order chi connectivity index (χ0) is 14.9. The maximum atomic E-state index is 12.5. The maximum absolute atomic E-state index is 12.5. The molecule has 0 saturated carbocycles. The van der Waals surface area contributed by atoms with Crippen molar-refractivity contribution in [3.63, 3.8) is 0 Å². The van der Waals surface area contributed by atoms with Crippen molar-refractivity contribution in [3.8, 4) is 0 Å². The topological polar surface area (TPSA) is 107 Å². The van der Waals surface area contributed by atoms with Gasteiger partial charge in [-0.2, -0.15) is 16.1 Å². The van der Waals surface area contributed by atoms with Crippen LogP contribution in [0.1, 0.15) is 6.42 Å². The lowest BCUT2D eigenvalue weighted by molar-refractivity contribution is -0.384. The Morgan fingerprint density at radius 1 is 1.50 bits per heavy atom. The molecule has 0 aliphatic carbocycles. The molecule has 1 heterocycles. The number of nitrogens with zero attached hydrogens (tertiary/aromatic N) is 2. The number of rotatable bonds is 4. The predicted molar refractivity (Wildman–Crippen MR) is 78.2 cm³/mol. The highest BCUT2D eigenvalue weighted by Crippen LogP contribution is 2.30. The summed E-state index contributed by atoms with van der Waals surface area (Å²) in [6.07, 6.45) is 0.799. The Hall–Kier alpha value is -1.32. The Morgan fingerprint density at radius 2 is 2.20 bits per heavy atom. The summed E-state index contributed by atoms with van der Waals surface area (Å²) < 4.78 is 26.3. The van der Waals surface area contributed by atoms with Gasteiger partial charge in [-0.1, -0.05) is 0 Å². The highest BCUT2D eigenvalue weighted by atomic mass is 32.2. The number of benzene rings is 1. The second-order valence-corrected chi connectivity index (χ2v) is 7.63. The van der Waals surface area contributed by atoms with Crippen LogP contribution in [0.4, 0.5) is 11.4 Å². The van der Waals surface area contributed by atoms with Crippen LogP contribution in [-0.2, 0) is 10.0 Å². The van der Waals surface area contributed by atoms with Gasteiger partial charge in [-0.3, -0.25) is 10.1 Å². The van der Waals surface area contributed by atoms with Crippen molar-refractivity contribution >= 4 is 33.2 Å². The first-order valence-corrected chi connectivity index (χ1v) is 8.53. The summed E-state index contributed by atoms with van der Waals surface area (Å²) in [5, 5.41) is 10.6. The minimum atomic E-state index is -3.72. The van der Waals surface area contributed by atoms with Crippen molar-refractivity contribution in [1.82, 2.24) is 4.31 Å². The van der Waals surface area contributed by atoms with Gasteiger partial charge in [-0.15, -0.1) is 0 Å². The number of nitrogen functional groups attached to an aromatic ring is 1. The molecule has 1 atom stereocenters. The molecular formula is C11H15N3O4S2. The molecule has 0 aromatic heterocycles. The number of anilines is 1. The molecule has 1 aromatic rings. The van der Waals surface area contributed by atoms with Crippen LogP contribution in [0.5, 0.6) is 0 Å². The molecule has 1 fully saturated rings. The fourth-order valence-corrected chi connectivity index (χ4v) is 4.89. The van der Waals surface area contributed by atoms with Crippen molar-refractivity contribution in [1.29, 1.82) is 0 Å². The van der Waals surface area contributed by atoms with E-state index in [4.69, 9.17) is 5.73 Å². The van der Waals surface area contributed by atoms with Gasteiger partial charge < -0.3 is 5.73 Å². The van der Waals surface area contributed by atoms with Crippen LogP contribution < -0.4 is 5.73 Å². The highest BCUT2D eigenvalue weighted by Gasteiger charge is 2.32. The second kappa shape index (κ2) is 5.58. The number of nitrogens with two attached hydrogens (primary N) is 1. The highest BCUT2D eigenvalue weighted by molar-refractivity contribution is 7.99. The summed E-state index contributed by atoms with van der Waals surface area (Å²) >= 11 is 1.71. The third-order valence-electron chi connectivity index (χ3n) is 3.28.